The van der Waals surface area contributed by atoms with E-state index in [-0.39, 0.29) is 11.8 Å². The maximum Gasteiger partial charge on any atom is 0.417 e. The molecule has 0 heterocycles. The summed E-state index contributed by atoms with van der Waals surface area (Å²) in [4.78, 5) is 21.4. The maximum atomic E-state index is 12.5. The van der Waals surface area contributed by atoms with Gasteiger partial charge in [-0.25, -0.2) is 0 Å². The van der Waals surface area contributed by atoms with Gasteiger partial charge in [0.15, 0.2) is 6.29 Å². The van der Waals surface area contributed by atoms with Crippen LogP contribution in [0.2, 0.25) is 0 Å². The molecule has 0 radical (unpaired) electrons. The van der Waals surface area contributed by atoms with Gasteiger partial charge in [0, 0.05) is 5.56 Å². The van der Waals surface area contributed by atoms with E-state index in [1.807, 2.05) is 0 Å². The van der Waals surface area contributed by atoms with Crippen LogP contribution < -0.4 is 5.73 Å². The molecule has 0 saturated heterocycles. The zero-order valence-corrected chi connectivity index (χ0v) is 8.21. The van der Waals surface area contributed by atoms with E-state index in [1.165, 1.54) is 6.07 Å². The first-order valence-electron chi connectivity index (χ1n) is 4.21. The molecule has 7 heteroatoms. The number of aldehydes is 1. The van der Waals surface area contributed by atoms with Gasteiger partial charge in [0.1, 0.15) is 0 Å². The molecule has 1 amide bonds. The number of rotatable bonds is 2. The van der Waals surface area contributed by atoms with E-state index in [4.69, 9.17) is 11.0 Å². The minimum Gasteiger partial charge on any atom is -0.366 e. The molecule has 88 valence electrons. The Morgan fingerprint density at radius 2 is 2.00 bits per heavy atom. The molecule has 0 spiro atoms. The van der Waals surface area contributed by atoms with E-state index >= 15 is 0 Å². The van der Waals surface area contributed by atoms with Gasteiger partial charge in [-0.15, -0.1) is 0 Å². The molecular weight excluding hydrogens is 237 g/mol. The molecule has 1 rings (SSSR count). The highest BCUT2D eigenvalue weighted by Crippen LogP contribution is 2.33. The molecule has 0 aliphatic heterocycles. The van der Waals surface area contributed by atoms with Gasteiger partial charge >= 0.3 is 6.18 Å². The highest BCUT2D eigenvalue weighted by Gasteiger charge is 2.34. The van der Waals surface area contributed by atoms with Crippen molar-refractivity contribution in [2.24, 2.45) is 5.73 Å². The van der Waals surface area contributed by atoms with Gasteiger partial charge in [0.05, 0.1) is 22.8 Å². The number of carbonyl (C=O) groups excluding carboxylic acids is 2. The van der Waals surface area contributed by atoms with Gasteiger partial charge in [-0.2, -0.15) is 18.4 Å². The highest BCUT2D eigenvalue weighted by atomic mass is 19.4. The second-order valence-corrected chi connectivity index (χ2v) is 3.08. The van der Waals surface area contributed by atoms with Gasteiger partial charge < -0.3 is 5.73 Å². The molecule has 0 aliphatic rings. The standard InChI is InChI=1S/C10H5F3N2O2/c11-10(12,13)8-2-7(9(15)17)5(3-14)1-6(8)4-16/h1-2,4H,(H2,15,17). The Balaban J connectivity index is 3.63. The third kappa shape index (κ3) is 2.42. The topological polar surface area (TPSA) is 83.9 Å². The summed E-state index contributed by atoms with van der Waals surface area (Å²) in [6.45, 7) is 0. The zero-order valence-electron chi connectivity index (χ0n) is 8.21. The van der Waals surface area contributed by atoms with Gasteiger partial charge in [-0.3, -0.25) is 9.59 Å². The number of nitrogens with two attached hydrogens (primary N) is 1. The van der Waals surface area contributed by atoms with Crippen LogP contribution in [-0.4, -0.2) is 12.2 Å². The summed E-state index contributed by atoms with van der Waals surface area (Å²) < 4.78 is 37.6. The molecule has 1 aromatic rings. The van der Waals surface area contributed by atoms with Crippen molar-refractivity contribution in [1.29, 1.82) is 5.26 Å². The Hall–Kier alpha value is -2.36. The van der Waals surface area contributed by atoms with Crippen molar-refractivity contribution in [2.45, 2.75) is 6.18 Å². The second-order valence-electron chi connectivity index (χ2n) is 3.08. The van der Waals surface area contributed by atoms with E-state index in [0.29, 0.717) is 12.1 Å². The minimum atomic E-state index is -4.80. The SMILES string of the molecule is N#Cc1cc(C=O)c(C(F)(F)F)cc1C(N)=O. The lowest BCUT2D eigenvalue weighted by atomic mass is 9.99. The Labute approximate surface area is 93.4 Å². The fourth-order valence-electron chi connectivity index (χ4n) is 1.26. The lowest BCUT2D eigenvalue weighted by Crippen LogP contribution is -2.17. The molecule has 4 nitrogen and oxygen atoms in total. The molecule has 2 N–H and O–H groups in total. The molecule has 0 unspecified atom stereocenters. The van der Waals surface area contributed by atoms with Crippen LogP contribution in [0.1, 0.15) is 31.8 Å². The largest absolute Gasteiger partial charge is 0.417 e. The predicted octanol–water partition coefficient (Wildman–Crippen LogP) is 1.49. The van der Waals surface area contributed by atoms with E-state index in [1.54, 1.807) is 0 Å². The van der Waals surface area contributed by atoms with Gasteiger partial charge in [-0.1, -0.05) is 0 Å². The number of hydrogen-bond acceptors (Lipinski definition) is 3. The molecule has 0 aromatic heterocycles. The summed E-state index contributed by atoms with van der Waals surface area (Å²) in [7, 11) is 0. The van der Waals surface area contributed by atoms with Crippen LogP contribution in [0.5, 0.6) is 0 Å². The number of nitriles is 1. The Morgan fingerprint density at radius 3 is 2.35 bits per heavy atom. The molecule has 0 saturated carbocycles. The monoisotopic (exact) mass is 242 g/mol. The number of carbonyl (C=O) groups is 2. The van der Waals surface area contributed by atoms with Gasteiger partial charge in [0.2, 0.25) is 5.91 Å². The van der Waals surface area contributed by atoms with Crippen molar-refractivity contribution >= 4 is 12.2 Å². The summed E-state index contributed by atoms with van der Waals surface area (Å²) in [5, 5.41) is 8.63. The number of amides is 1. The van der Waals surface area contributed by atoms with Crippen molar-refractivity contribution in [3.63, 3.8) is 0 Å². The molecule has 0 bridgehead atoms. The lowest BCUT2D eigenvalue weighted by molar-refractivity contribution is -0.137. The van der Waals surface area contributed by atoms with Crippen molar-refractivity contribution < 1.29 is 22.8 Å². The Kier molecular flexibility index (Phi) is 3.18. The van der Waals surface area contributed by atoms with Crippen LogP contribution in [-0.2, 0) is 6.18 Å². The van der Waals surface area contributed by atoms with Crippen LogP contribution in [0.3, 0.4) is 0 Å². The normalized spacial score (nSPS) is 10.7. The third-order valence-electron chi connectivity index (χ3n) is 2.01. The maximum absolute atomic E-state index is 12.5. The van der Waals surface area contributed by atoms with Crippen LogP contribution in [0.4, 0.5) is 13.2 Å². The number of benzene rings is 1. The first kappa shape index (κ1) is 12.7. The average Bonchev–Trinajstić information content (AvgIpc) is 2.25. The number of hydrogen-bond donors (Lipinski definition) is 1. The van der Waals surface area contributed by atoms with E-state index in [9.17, 15) is 22.8 Å². The van der Waals surface area contributed by atoms with E-state index in [0.717, 1.165) is 0 Å². The van der Waals surface area contributed by atoms with Crippen LogP contribution in [0.25, 0.3) is 0 Å². The van der Waals surface area contributed by atoms with Crippen molar-refractivity contribution in [1.82, 2.24) is 0 Å². The first-order chi connectivity index (χ1) is 7.81. The summed E-state index contributed by atoms with van der Waals surface area (Å²) in [6, 6.07) is 2.60. The molecule has 1 aromatic carbocycles. The smallest absolute Gasteiger partial charge is 0.366 e. The number of primary amides is 1. The van der Waals surface area contributed by atoms with Gasteiger partial charge in [-0.05, 0) is 12.1 Å². The van der Waals surface area contributed by atoms with E-state index in [2.05, 4.69) is 0 Å². The zero-order chi connectivity index (χ0) is 13.2. The average molecular weight is 242 g/mol. The molecule has 0 fully saturated rings. The minimum absolute atomic E-state index is 0.0333. The van der Waals surface area contributed by atoms with Crippen LogP contribution in [0.15, 0.2) is 12.1 Å². The van der Waals surface area contributed by atoms with E-state index < -0.39 is 28.8 Å². The lowest BCUT2D eigenvalue weighted by Gasteiger charge is -2.11. The summed E-state index contributed by atoms with van der Waals surface area (Å²) in [5.74, 6) is -1.16. The van der Waals surface area contributed by atoms with Crippen molar-refractivity contribution in [3.8, 4) is 6.07 Å². The fourth-order valence-corrected chi connectivity index (χ4v) is 1.26. The number of nitrogens with zero attached hydrogens (tertiary/aromatic N) is 1. The molecule has 0 atom stereocenters. The molecule has 17 heavy (non-hydrogen) atoms. The van der Waals surface area contributed by atoms with Crippen LogP contribution >= 0.6 is 0 Å². The summed E-state index contributed by atoms with van der Waals surface area (Å²) in [6.07, 6.45) is -4.83. The quantitative estimate of drug-likeness (QED) is 0.797. The first-order valence-corrected chi connectivity index (χ1v) is 4.21. The Morgan fingerprint density at radius 1 is 1.41 bits per heavy atom. The van der Waals surface area contributed by atoms with Crippen LogP contribution in [0, 0.1) is 11.3 Å². The predicted molar refractivity (Wildman–Crippen MR) is 50.1 cm³/mol. The summed E-state index contributed by atoms with van der Waals surface area (Å²) >= 11 is 0. The summed E-state index contributed by atoms with van der Waals surface area (Å²) in [5.41, 5.74) is 1.92. The van der Waals surface area contributed by atoms with Crippen molar-refractivity contribution in [3.05, 3.63) is 34.4 Å². The van der Waals surface area contributed by atoms with Crippen molar-refractivity contribution in [2.75, 3.05) is 0 Å². The molecular formula is C10H5F3N2O2. The Bertz CT molecular complexity index is 530. The fraction of sp³-hybridized carbons (Fsp3) is 0.100. The number of alkyl halides is 3. The third-order valence-corrected chi connectivity index (χ3v) is 2.01. The second kappa shape index (κ2) is 4.25. The van der Waals surface area contributed by atoms with Gasteiger partial charge in [0.25, 0.3) is 0 Å². The highest BCUT2D eigenvalue weighted by molar-refractivity contribution is 5.96. The number of halogens is 3. The molecule has 0 aliphatic carbocycles.